The van der Waals surface area contributed by atoms with E-state index in [1.807, 2.05) is 6.92 Å². The van der Waals surface area contributed by atoms with Crippen LogP contribution in [0.25, 0.3) is 0 Å². The molecule has 0 N–H and O–H groups in total. The van der Waals surface area contributed by atoms with E-state index in [-0.39, 0.29) is 25.0 Å². The molecule has 3 nitrogen and oxygen atoms in total. The lowest BCUT2D eigenvalue weighted by Gasteiger charge is -2.35. The van der Waals surface area contributed by atoms with E-state index >= 15 is 0 Å². The van der Waals surface area contributed by atoms with Crippen LogP contribution in [0.3, 0.4) is 0 Å². The van der Waals surface area contributed by atoms with Crippen molar-refractivity contribution in [2.24, 2.45) is 5.92 Å². The third-order valence-corrected chi connectivity index (χ3v) is 3.49. The number of carbonyl (C=O) groups is 1. The number of carbonyl (C=O) groups excluding carboxylic acids is 1. The van der Waals surface area contributed by atoms with Crippen LogP contribution in [0.15, 0.2) is 0 Å². The van der Waals surface area contributed by atoms with Gasteiger partial charge in [-0.05, 0) is 25.7 Å². The third-order valence-electron chi connectivity index (χ3n) is 3.14. The summed E-state index contributed by atoms with van der Waals surface area (Å²) in [6.45, 7) is 1.45. The van der Waals surface area contributed by atoms with Crippen molar-refractivity contribution >= 4 is 21.8 Å². The highest BCUT2D eigenvalue weighted by atomic mass is 79.9. The lowest BCUT2D eigenvalue weighted by Crippen LogP contribution is -2.42. The number of hydrogen-bond donors (Lipinski definition) is 0. The topological polar surface area (TPSA) is 29.5 Å². The van der Waals surface area contributed by atoms with Crippen LogP contribution in [-0.4, -0.2) is 48.1 Å². The van der Waals surface area contributed by atoms with Crippen LogP contribution in [0, 0.1) is 5.92 Å². The molecule has 19 heavy (non-hydrogen) atoms. The highest BCUT2D eigenvalue weighted by molar-refractivity contribution is 9.09. The van der Waals surface area contributed by atoms with Gasteiger partial charge in [-0.2, -0.15) is 13.2 Å². The van der Waals surface area contributed by atoms with Crippen LogP contribution >= 0.6 is 15.9 Å². The largest absolute Gasteiger partial charge is 0.406 e. The van der Waals surface area contributed by atoms with Crippen LogP contribution in [0.2, 0.25) is 0 Å². The lowest BCUT2D eigenvalue weighted by molar-refractivity contribution is -0.162. The van der Waals surface area contributed by atoms with Gasteiger partial charge in [0, 0.05) is 24.9 Å². The molecular formula is C12H19BrF3NO2. The van der Waals surface area contributed by atoms with E-state index < -0.39 is 18.6 Å². The van der Waals surface area contributed by atoms with Crippen molar-refractivity contribution in [1.82, 2.24) is 4.90 Å². The molecule has 0 aromatic rings. The molecule has 0 radical (unpaired) electrons. The van der Waals surface area contributed by atoms with Gasteiger partial charge >= 0.3 is 6.18 Å². The van der Waals surface area contributed by atoms with Gasteiger partial charge in [-0.1, -0.05) is 15.9 Å². The molecule has 0 unspecified atom stereocenters. The minimum atomic E-state index is -4.34. The summed E-state index contributed by atoms with van der Waals surface area (Å²) in [5.74, 6) is -0.258. The van der Waals surface area contributed by atoms with Crippen LogP contribution in [-0.2, 0) is 9.53 Å². The van der Waals surface area contributed by atoms with Crippen molar-refractivity contribution < 1.29 is 22.7 Å². The SMILES string of the molecule is CCOC1CC(CC(=O)N(CCBr)CC(F)(F)F)C1. The maximum Gasteiger partial charge on any atom is 0.406 e. The van der Waals surface area contributed by atoms with Crippen LogP contribution in [0.5, 0.6) is 0 Å². The van der Waals surface area contributed by atoms with Crippen molar-refractivity contribution in [3.8, 4) is 0 Å². The fourth-order valence-corrected chi connectivity index (χ4v) is 2.63. The number of hydrogen-bond acceptors (Lipinski definition) is 2. The van der Waals surface area contributed by atoms with E-state index in [0.29, 0.717) is 11.9 Å². The smallest absolute Gasteiger partial charge is 0.378 e. The molecule has 0 aliphatic heterocycles. The quantitative estimate of drug-likeness (QED) is 0.664. The predicted molar refractivity (Wildman–Crippen MR) is 69.2 cm³/mol. The monoisotopic (exact) mass is 345 g/mol. The zero-order valence-corrected chi connectivity index (χ0v) is 12.5. The Morgan fingerprint density at radius 2 is 2.05 bits per heavy atom. The average molecular weight is 346 g/mol. The second-order valence-corrected chi connectivity index (χ2v) is 5.53. The minimum absolute atomic E-state index is 0.0833. The molecule has 1 rings (SSSR count). The van der Waals surface area contributed by atoms with Crippen molar-refractivity contribution in [3.63, 3.8) is 0 Å². The van der Waals surface area contributed by atoms with Gasteiger partial charge in [0.15, 0.2) is 0 Å². The van der Waals surface area contributed by atoms with Crippen LogP contribution in [0.1, 0.15) is 26.2 Å². The Hall–Kier alpha value is -0.300. The maximum atomic E-state index is 12.4. The summed E-state index contributed by atoms with van der Waals surface area (Å²) in [6, 6.07) is 0. The Kier molecular flexibility index (Phi) is 6.59. The summed E-state index contributed by atoms with van der Waals surface area (Å²) in [7, 11) is 0. The lowest BCUT2D eigenvalue weighted by atomic mass is 9.79. The van der Waals surface area contributed by atoms with Gasteiger partial charge < -0.3 is 9.64 Å². The zero-order valence-electron chi connectivity index (χ0n) is 10.9. The molecule has 1 aliphatic rings. The Morgan fingerprint density at radius 1 is 1.42 bits per heavy atom. The van der Waals surface area contributed by atoms with Gasteiger partial charge in [0.25, 0.3) is 0 Å². The summed E-state index contributed by atoms with van der Waals surface area (Å²) >= 11 is 3.07. The Bertz CT molecular complexity index is 293. The van der Waals surface area contributed by atoms with E-state index in [4.69, 9.17) is 4.74 Å². The van der Waals surface area contributed by atoms with E-state index in [1.54, 1.807) is 0 Å². The number of alkyl halides is 4. The summed E-state index contributed by atoms with van der Waals surface area (Å²) in [5, 5.41) is 0.348. The first-order valence-corrected chi connectivity index (χ1v) is 7.50. The molecule has 1 fully saturated rings. The molecule has 0 heterocycles. The normalized spacial score (nSPS) is 23.0. The van der Waals surface area contributed by atoms with Gasteiger partial charge in [-0.15, -0.1) is 0 Å². The van der Waals surface area contributed by atoms with Crippen molar-refractivity contribution in [1.29, 1.82) is 0 Å². The Labute approximate surface area is 119 Å². The second kappa shape index (κ2) is 7.47. The molecule has 1 amide bonds. The van der Waals surface area contributed by atoms with Gasteiger partial charge in [-0.3, -0.25) is 4.79 Å². The molecule has 0 atom stereocenters. The predicted octanol–water partition coefficient (Wildman–Crippen LogP) is 2.98. The van der Waals surface area contributed by atoms with Crippen molar-refractivity contribution in [2.75, 3.05) is 25.0 Å². The molecule has 7 heteroatoms. The number of nitrogens with zero attached hydrogens (tertiary/aromatic N) is 1. The second-order valence-electron chi connectivity index (χ2n) is 4.74. The molecule has 0 saturated heterocycles. The standard InChI is InChI=1S/C12H19BrF3NO2/c1-2-19-10-5-9(6-10)7-11(18)17(4-3-13)8-12(14,15)16/h9-10H,2-8H2,1H3. The molecule has 0 bridgehead atoms. The van der Waals surface area contributed by atoms with Crippen LogP contribution < -0.4 is 0 Å². The van der Waals surface area contributed by atoms with E-state index in [1.165, 1.54) is 0 Å². The Morgan fingerprint density at radius 3 is 2.53 bits per heavy atom. The van der Waals surface area contributed by atoms with Crippen molar-refractivity contribution in [3.05, 3.63) is 0 Å². The summed E-state index contributed by atoms with van der Waals surface area (Å²) in [5.41, 5.74) is 0. The van der Waals surface area contributed by atoms with E-state index in [0.717, 1.165) is 17.7 Å². The first-order chi connectivity index (χ1) is 8.85. The third kappa shape index (κ3) is 6.12. The number of rotatable bonds is 7. The highest BCUT2D eigenvalue weighted by Crippen LogP contribution is 2.33. The number of halogens is 4. The van der Waals surface area contributed by atoms with Gasteiger partial charge in [-0.25, -0.2) is 0 Å². The summed E-state index contributed by atoms with van der Waals surface area (Å²) in [4.78, 5) is 12.7. The first kappa shape index (κ1) is 16.8. The summed E-state index contributed by atoms with van der Waals surface area (Å²) in [6.07, 6.45) is -2.44. The highest BCUT2D eigenvalue weighted by Gasteiger charge is 2.36. The molecular weight excluding hydrogens is 327 g/mol. The van der Waals surface area contributed by atoms with E-state index in [2.05, 4.69) is 15.9 Å². The first-order valence-electron chi connectivity index (χ1n) is 6.37. The average Bonchev–Trinajstić information content (AvgIpc) is 2.23. The fraction of sp³-hybridized carbons (Fsp3) is 0.917. The molecule has 0 aromatic heterocycles. The van der Waals surface area contributed by atoms with E-state index in [9.17, 15) is 18.0 Å². The molecule has 1 saturated carbocycles. The number of amides is 1. The van der Waals surface area contributed by atoms with Gasteiger partial charge in [0.2, 0.25) is 5.91 Å². The molecule has 112 valence electrons. The fourth-order valence-electron chi connectivity index (χ4n) is 2.20. The van der Waals surface area contributed by atoms with Crippen molar-refractivity contribution in [2.45, 2.75) is 38.5 Å². The molecule has 1 aliphatic carbocycles. The van der Waals surface area contributed by atoms with Gasteiger partial charge in [0.05, 0.1) is 6.10 Å². The maximum absolute atomic E-state index is 12.4. The Balaban J connectivity index is 2.37. The van der Waals surface area contributed by atoms with Gasteiger partial charge in [0.1, 0.15) is 6.54 Å². The molecule has 0 aromatic carbocycles. The summed E-state index contributed by atoms with van der Waals surface area (Å²) < 4.78 is 42.4. The zero-order chi connectivity index (χ0) is 14.5. The van der Waals surface area contributed by atoms with Crippen LogP contribution in [0.4, 0.5) is 13.2 Å². The minimum Gasteiger partial charge on any atom is -0.378 e. The number of ether oxygens (including phenoxy) is 1. The molecule has 0 spiro atoms.